The Morgan fingerprint density at radius 3 is 2.50 bits per heavy atom. The number of sulfonamides is 1. The van der Waals surface area contributed by atoms with Crippen molar-refractivity contribution in [2.75, 3.05) is 12.0 Å². The van der Waals surface area contributed by atoms with Crippen LogP contribution < -0.4 is 15.3 Å². The molecule has 2 aromatic rings. The monoisotopic (exact) mass is 374 g/mol. The molecule has 138 valence electrons. The van der Waals surface area contributed by atoms with Crippen LogP contribution in [0.2, 0.25) is 0 Å². The zero-order chi connectivity index (χ0) is 19.2. The first-order chi connectivity index (χ1) is 12.3. The Hall–Kier alpha value is -2.71. The lowest BCUT2D eigenvalue weighted by Crippen LogP contribution is -2.31. The van der Waals surface area contributed by atoms with E-state index in [9.17, 15) is 18.3 Å². The fourth-order valence-corrected chi connectivity index (χ4v) is 3.18. The number of nitrogens with one attached hydrogen (secondary N) is 2. The number of nitrogens with zero attached hydrogens (tertiary/aromatic N) is 1. The van der Waals surface area contributed by atoms with Crippen molar-refractivity contribution in [2.24, 2.45) is 5.10 Å². The molecule has 0 heterocycles. The number of rotatable bonds is 8. The number of hydrogen-bond acceptors (Lipinski definition) is 6. The fraction of sp³-hybridized carbons (Fsp3) is 0.222. The maximum atomic E-state index is 12.2. The zero-order valence-electron chi connectivity index (χ0n) is 14.5. The summed E-state index contributed by atoms with van der Waals surface area (Å²) in [6.07, 6.45) is -0.389. The number of aliphatic carboxylic acids is 1. The van der Waals surface area contributed by atoms with Crippen molar-refractivity contribution in [1.82, 2.24) is 4.72 Å². The highest BCUT2D eigenvalue weighted by Gasteiger charge is 2.14. The molecule has 0 saturated heterocycles. The second kappa shape index (κ2) is 8.59. The van der Waals surface area contributed by atoms with Crippen LogP contribution in [0.25, 0.3) is 0 Å². The van der Waals surface area contributed by atoms with Gasteiger partial charge in [0.15, 0.2) is 0 Å². The molecule has 0 unspecified atom stereocenters. The van der Waals surface area contributed by atoms with Crippen molar-refractivity contribution in [3.63, 3.8) is 0 Å². The van der Waals surface area contributed by atoms with Gasteiger partial charge in [0.05, 0.1) is 16.3 Å². The molecule has 0 aromatic heterocycles. The van der Waals surface area contributed by atoms with E-state index in [1.54, 1.807) is 19.1 Å². The first kappa shape index (κ1) is 19.6. The third-order valence-corrected chi connectivity index (χ3v) is 5.05. The number of aryl methyl sites for hydroxylation is 1. The molecule has 0 fully saturated rings. The van der Waals surface area contributed by atoms with E-state index in [1.165, 1.54) is 12.1 Å². The van der Waals surface area contributed by atoms with Crippen LogP contribution >= 0.6 is 0 Å². The lowest BCUT2D eigenvalue weighted by molar-refractivity contribution is -0.305. The lowest BCUT2D eigenvalue weighted by atomic mass is 10.1. The maximum Gasteiger partial charge on any atom is 0.240 e. The molecule has 0 bridgehead atoms. The average Bonchev–Trinajstić information content (AvgIpc) is 2.60. The third-order valence-electron chi connectivity index (χ3n) is 3.59. The van der Waals surface area contributed by atoms with E-state index < -0.39 is 16.0 Å². The normalized spacial score (nSPS) is 12.0. The summed E-state index contributed by atoms with van der Waals surface area (Å²) in [4.78, 5) is 10.4. The number of carboxylic acid groups (broad SMARTS) is 1. The van der Waals surface area contributed by atoms with Gasteiger partial charge in [0, 0.05) is 18.9 Å². The van der Waals surface area contributed by atoms with Gasteiger partial charge in [0.25, 0.3) is 0 Å². The topological polar surface area (TPSA) is 111 Å². The van der Waals surface area contributed by atoms with Gasteiger partial charge >= 0.3 is 0 Å². The summed E-state index contributed by atoms with van der Waals surface area (Å²) in [5.74, 6) is -1.31. The number of hydrazone groups is 1. The Balaban J connectivity index is 2.12. The van der Waals surface area contributed by atoms with Crippen LogP contribution in [0.3, 0.4) is 0 Å². The molecule has 0 atom stereocenters. The van der Waals surface area contributed by atoms with E-state index in [-0.39, 0.29) is 17.9 Å². The molecular formula is C18H20N3O4S-. The highest BCUT2D eigenvalue weighted by Crippen LogP contribution is 2.13. The van der Waals surface area contributed by atoms with Crippen molar-refractivity contribution in [1.29, 1.82) is 0 Å². The lowest BCUT2D eigenvalue weighted by Gasteiger charge is -2.09. The Kier molecular flexibility index (Phi) is 6.48. The number of anilines is 1. The van der Waals surface area contributed by atoms with Crippen LogP contribution in [0.1, 0.15) is 24.5 Å². The summed E-state index contributed by atoms with van der Waals surface area (Å²) < 4.78 is 26.7. The highest BCUT2D eigenvalue weighted by molar-refractivity contribution is 7.89. The van der Waals surface area contributed by atoms with E-state index in [4.69, 9.17) is 0 Å². The molecule has 7 nitrogen and oxygen atoms in total. The Morgan fingerprint density at radius 2 is 1.85 bits per heavy atom. The van der Waals surface area contributed by atoms with Crippen molar-refractivity contribution >= 4 is 27.4 Å². The molecule has 0 aliphatic carbocycles. The number of hydrogen-bond donors (Lipinski definition) is 2. The Morgan fingerprint density at radius 1 is 1.15 bits per heavy atom. The molecule has 8 heteroatoms. The summed E-state index contributed by atoms with van der Waals surface area (Å²) in [7, 11) is -3.80. The van der Waals surface area contributed by atoms with Crippen LogP contribution in [-0.4, -0.2) is 26.6 Å². The van der Waals surface area contributed by atoms with Gasteiger partial charge in [-0.2, -0.15) is 5.10 Å². The van der Waals surface area contributed by atoms with Gasteiger partial charge in [-0.3, -0.25) is 5.43 Å². The van der Waals surface area contributed by atoms with Crippen LogP contribution in [0, 0.1) is 6.92 Å². The van der Waals surface area contributed by atoms with Gasteiger partial charge in [0.2, 0.25) is 10.0 Å². The molecule has 0 saturated carbocycles. The molecule has 0 aliphatic heterocycles. The number of carbonyl (C=O) groups excluding carboxylic acids is 1. The van der Waals surface area contributed by atoms with Crippen molar-refractivity contribution in [3.05, 3.63) is 59.7 Å². The number of benzene rings is 2. The minimum Gasteiger partial charge on any atom is -0.550 e. The van der Waals surface area contributed by atoms with Crippen LogP contribution in [0.4, 0.5) is 5.69 Å². The predicted octanol–water partition coefficient (Wildman–Crippen LogP) is 1.25. The molecule has 0 radical (unpaired) electrons. The van der Waals surface area contributed by atoms with E-state index in [0.29, 0.717) is 11.3 Å². The smallest absolute Gasteiger partial charge is 0.240 e. The van der Waals surface area contributed by atoms with Crippen molar-refractivity contribution in [2.45, 2.75) is 25.2 Å². The van der Waals surface area contributed by atoms with E-state index in [1.807, 2.05) is 31.2 Å². The van der Waals surface area contributed by atoms with Crippen LogP contribution in [0.15, 0.2) is 58.5 Å². The summed E-state index contributed by atoms with van der Waals surface area (Å²) in [6.45, 7) is 3.53. The van der Waals surface area contributed by atoms with Gasteiger partial charge in [-0.15, -0.1) is 0 Å². The standard InChI is InChI=1S/C18H21N3O4S/c1-13-6-8-16(9-7-13)21-20-14(2)15-4-3-5-17(12-15)26(24,25)19-11-10-18(22)23/h3-9,12,19,21H,10-11H2,1-2H3,(H,22,23)/p-1/b20-14-. The fourth-order valence-electron chi connectivity index (χ4n) is 2.10. The predicted molar refractivity (Wildman–Crippen MR) is 98.3 cm³/mol. The van der Waals surface area contributed by atoms with E-state index in [0.717, 1.165) is 11.3 Å². The molecule has 2 rings (SSSR count). The second-order valence-corrected chi connectivity index (χ2v) is 7.49. The molecule has 26 heavy (non-hydrogen) atoms. The van der Waals surface area contributed by atoms with Crippen LogP contribution in [0.5, 0.6) is 0 Å². The Labute approximate surface area is 152 Å². The van der Waals surface area contributed by atoms with Gasteiger partial charge in [-0.05, 0) is 43.7 Å². The quantitative estimate of drug-likeness (QED) is 0.534. The van der Waals surface area contributed by atoms with Gasteiger partial charge in [-0.25, -0.2) is 13.1 Å². The summed E-state index contributed by atoms with van der Waals surface area (Å²) >= 11 is 0. The SMILES string of the molecule is C/C(=N/Nc1ccc(C)cc1)c1cccc(S(=O)(=O)NCCC(=O)[O-])c1. The van der Waals surface area contributed by atoms with Crippen molar-refractivity contribution < 1.29 is 18.3 Å². The first-order valence-electron chi connectivity index (χ1n) is 7.95. The number of carboxylic acids is 1. The maximum absolute atomic E-state index is 12.2. The van der Waals surface area contributed by atoms with Gasteiger partial charge in [0.1, 0.15) is 0 Å². The molecule has 0 amide bonds. The minimum atomic E-state index is -3.80. The summed E-state index contributed by atoms with van der Waals surface area (Å²) in [5.41, 5.74) is 6.13. The van der Waals surface area contributed by atoms with Gasteiger partial charge < -0.3 is 9.90 Å². The molecular weight excluding hydrogens is 354 g/mol. The van der Waals surface area contributed by atoms with Crippen molar-refractivity contribution in [3.8, 4) is 0 Å². The average molecular weight is 374 g/mol. The second-order valence-electron chi connectivity index (χ2n) is 5.72. The number of carbonyl (C=O) groups is 1. The van der Waals surface area contributed by atoms with E-state index >= 15 is 0 Å². The minimum absolute atomic E-state index is 0.0400. The molecule has 0 aliphatic rings. The van der Waals surface area contributed by atoms with Gasteiger partial charge in [-0.1, -0.05) is 29.8 Å². The molecule has 2 N–H and O–H groups in total. The highest BCUT2D eigenvalue weighted by atomic mass is 32.2. The Bertz CT molecular complexity index is 906. The largest absolute Gasteiger partial charge is 0.550 e. The van der Waals surface area contributed by atoms with E-state index in [2.05, 4.69) is 15.2 Å². The summed E-state index contributed by atoms with van der Waals surface area (Å²) in [5, 5.41) is 14.7. The summed E-state index contributed by atoms with van der Waals surface area (Å²) in [6, 6.07) is 14.0. The first-order valence-corrected chi connectivity index (χ1v) is 9.43. The molecule has 0 spiro atoms. The molecule has 2 aromatic carbocycles. The third kappa shape index (κ3) is 5.68. The van der Waals surface area contributed by atoms with Crippen LogP contribution in [-0.2, 0) is 14.8 Å². The zero-order valence-corrected chi connectivity index (χ0v) is 15.3.